The number of hydrogen-bond acceptors (Lipinski definition) is 6. The van der Waals surface area contributed by atoms with Gasteiger partial charge in [0.15, 0.2) is 0 Å². The molecule has 1 aromatic heterocycles. The van der Waals surface area contributed by atoms with E-state index in [0.29, 0.717) is 17.3 Å². The van der Waals surface area contributed by atoms with Gasteiger partial charge in [-0.3, -0.25) is 4.79 Å². The zero-order valence-electron chi connectivity index (χ0n) is 14.8. The predicted molar refractivity (Wildman–Crippen MR) is 100 cm³/mol. The summed E-state index contributed by atoms with van der Waals surface area (Å²) < 4.78 is 10.6. The third-order valence-electron chi connectivity index (χ3n) is 4.41. The van der Waals surface area contributed by atoms with Crippen LogP contribution in [-0.4, -0.2) is 42.4 Å². The summed E-state index contributed by atoms with van der Waals surface area (Å²) in [7, 11) is 0. The highest BCUT2D eigenvalue weighted by Crippen LogP contribution is 2.17. The van der Waals surface area contributed by atoms with Gasteiger partial charge in [0.2, 0.25) is 11.7 Å². The van der Waals surface area contributed by atoms with E-state index >= 15 is 0 Å². The number of amides is 1. The first-order valence-electron chi connectivity index (χ1n) is 8.88. The smallest absolute Gasteiger partial charge is 0.251 e. The number of carbonyl (C=O) groups excluding carboxylic acids is 1. The van der Waals surface area contributed by atoms with Crippen molar-refractivity contribution in [3.05, 3.63) is 66.1 Å². The number of morpholine rings is 1. The maximum Gasteiger partial charge on any atom is 0.251 e. The van der Waals surface area contributed by atoms with E-state index in [1.165, 1.54) is 0 Å². The van der Waals surface area contributed by atoms with E-state index in [-0.39, 0.29) is 12.5 Å². The summed E-state index contributed by atoms with van der Waals surface area (Å²) >= 11 is 0. The van der Waals surface area contributed by atoms with Gasteiger partial charge in [0.05, 0.1) is 19.8 Å². The van der Waals surface area contributed by atoms with Gasteiger partial charge in [-0.15, -0.1) is 0 Å². The minimum atomic E-state index is -0.178. The molecule has 1 aliphatic heterocycles. The Hall–Kier alpha value is -3.19. The summed E-state index contributed by atoms with van der Waals surface area (Å²) in [4.78, 5) is 18.9. The summed E-state index contributed by atoms with van der Waals surface area (Å²) in [5.41, 5.74) is 2.56. The van der Waals surface area contributed by atoms with Crippen molar-refractivity contribution in [3.8, 4) is 11.4 Å². The van der Waals surface area contributed by atoms with Gasteiger partial charge in [-0.25, -0.2) is 0 Å². The van der Waals surface area contributed by atoms with Gasteiger partial charge >= 0.3 is 0 Å². The molecule has 1 aliphatic rings. The van der Waals surface area contributed by atoms with E-state index in [9.17, 15) is 4.79 Å². The minimum Gasteiger partial charge on any atom is -0.378 e. The van der Waals surface area contributed by atoms with Crippen LogP contribution in [0.3, 0.4) is 0 Å². The lowest BCUT2D eigenvalue weighted by Gasteiger charge is -2.28. The summed E-state index contributed by atoms with van der Waals surface area (Å²) in [6.45, 7) is 3.39. The van der Waals surface area contributed by atoms with Gasteiger partial charge in [0.1, 0.15) is 0 Å². The number of aromatic nitrogens is 2. The van der Waals surface area contributed by atoms with Crippen LogP contribution in [0.25, 0.3) is 11.4 Å². The van der Waals surface area contributed by atoms with Crippen LogP contribution in [0.1, 0.15) is 16.2 Å². The fourth-order valence-electron chi connectivity index (χ4n) is 2.93. The van der Waals surface area contributed by atoms with Gasteiger partial charge in [0.25, 0.3) is 5.91 Å². The van der Waals surface area contributed by atoms with Crippen LogP contribution >= 0.6 is 0 Å². The summed E-state index contributed by atoms with van der Waals surface area (Å²) in [6, 6.07) is 17.1. The van der Waals surface area contributed by atoms with E-state index in [4.69, 9.17) is 9.26 Å². The zero-order chi connectivity index (χ0) is 18.5. The maximum atomic E-state index is 12.3. The average molecular weight is 364 g/mol. The maximum absolute atomic E-state index is 12.3. The topological polar surface area (TPSA) is 80.5 Å². The van der Waals surface area contributed by atoms with Crippen LogP contribution in [0.15, 0.2) is 59.1 Å². The molecule has 0 aliphatic carbocycles. The Labute approximate surface area is 156 Å². The molecule has 7 nitrogen and oxygen atoms in total. The summed E-state index contributed by atoms with van der Waals surface area (Å²) in [6.07, 6.45) is 0. The van der Waals surface area contributed by atoms with Crippen molar-refractivity contribution >= 4 is 11.6 Å². The number of ether oxygens (including phenoxy) is 1. The predicted octanol–water partition coefficient (Wildman–Crippen LogP) is 2.50. The van der Waals surface area contributed by atoms with E-state index in [1.807, 2.05) is 54.6 Å². The molecule has 0 saturated carbocycles. The highest BCUT2D eigenvalue weighted by Gasteiger charge is 2.13. The van der Waals surface area contributed by atoms with E-state index in [0.717, 1.165) is 37.6 Å². The average Bonchev–Trinajstić information content (AvgIpc) is 3.22. The number of carbonyl (C=O) groups is 1. The Kier molecular flexibility index (Phi) is 5.11. The normalized spacial score (nSPS) is 14.1. The van der Waals surface area contributed by atoms with Crippen LogP contribution in [0.5, 0.6) is 0 Å². The fraction of sp³-hybridized carbons (Fsp3) is 0.250. The van der Waals surface area contributed by atoms with Crippen molar-refractivity contribution in [1.29, 1.82) is 0 Å². The Balaban J connectivity index is 1.35. The third-order valence-corrected chi connectivity index (χ3v) is 4.41. The molecule has 1 saturated heterocycles. The lowest BCUT2D eigenvalue weighted by Crippen LogP contribution is -2.36. The van der Waals surface area contributed by atoms with Gasteiger partial charge in [-0.2, -0.15) is 4.98 Å². The van der Waals surface area contributed by atoms with Crippen molar-refractivity contribution < 1.29 is 14.1 Å². The minimum absolute atomic E-state index is 0.178. The van der Waals surface area contributed by atoms with E-state index in [2.05, 4.69) is 20.4 Å². The van der Waals surface area contributed by atoms with E-state index < -0.39 is 0 Å². The molecule has 0 radical (unpaired) electrons. The van der Waals surface area contributed by atoms with E-state index in [1.54, 1.807) is 0 Å². The van der Waals surface area contributed by atoms with Gasteiger partial charge in [0, 0.05) is 29.9 Å². The summed E-state index contributed by atoms with van der Waals surface area (Å²) in [5.74, 6) is 0.699. The van der Waals surface area contributed by atoms with Crippen LogP contribution in [-0.2, 0) is 11.3 Å². The molecule has 3 aromatic rings. The molecule has 0 bridgehead atoms. The SMILES string of the molecule is O=C(NCc1nc(-c2ccccc2)no1)c1ccc(N2CCOCC2)cc1. The highest BCUT2D eigenvalue weighted by atomic mass is 16.5. The fourth-order valence-corrected chi connectivity index (χ4v) is 2.93. The number of benzene rings is 2. The molecule has 1 N–H and O–H groups in total. The summed E-state index contributed by atoms with van der Waals surface area (Å²) in [5, 5.41) is 6.76. The molecule has 0 unspecified atom stereocenters. The Bertz CT molecular complexity index is 887. The molecule has 1 amide bonds. The van der Waals surface area contributed by atoms with Crippen LogP contribution in [0.4, 0.5) is 5.69 Å². The zero-order valence-corrected chi connectivity index (χ0v) is 14.8. The molecule has 138 valence electrons. The molecule has 2 aromatic carbocycles. The largest absolute Gasteiger partial charge is 0.378 e. The van der Waals surface area contributed by atoms with Crippen LogP contribution in [0, 0.1) is 0 Å². The Morgan fingerprint density at radius 1 is 1.04 bits per heavy atom. The van der Waals surface area contributed by atoms with Crippen LogP contribution < -0.4 is 10.2 Å². The van der Waals surface area contributed by atoms with Gasteiger partial charge < -0.3 is 19.5 Å². The molecular formula is C20H20N4O3. The van der Waals surface area contributed by atoms with Gasteiger partial charge in [-0.1, -0.05) is 35.5 Å². The molecule has 2 heterocycles. The first-order valence-corrected chi connectivity index (χ1v) is 8.88. The van der Waals surface area contributed by atoms with Crippen molar-refractivity contribution in [1.82, 2.24) is 15.5 Å². The quantitative estimate of drug-likeness (QED) is 0.749. The number of nitrogens with one attached hydrogen (secondary N) is 1. The Morgan fingerprint density at radius 3 is 2.52 bits per heavy atom. The molecule has 1 fully saturated rings. The number of anilines is 1. The molecule has 0 spiro atoms. The molecule has 27 heavy (non-hydrogen) atoms. The van der Waals surface area contributed by atoms with Crippen LogP contribution in [0.2, 0.25) is 0 Å². The van der Waals surface area contributed by atoms with Crippen molar-refractivity contribution in [2.75, 3.05) is 31.2 Å². The first-order chi connectivity index (χ1) is 13.3. The Morgan fingerprint density at radius 2 is 1.78 bits per heavy atom. The standard InChI is InChI=1S/C20H20N4O3/c25-20(16-6-8-17(9-7-16)24-10-12-26-13-11-24)21-14-18-22-19(23-27-18)15-4-2-1-3-5-15/h1-9H,10-14H2,(H,21,25). The van der Waals surface area contributed by atoms with Gasteiger partial charge in [-0.05, 0) is 24.3 Å². The second-order valence-corrected chi connectivity index (χ2v) is 6.21. The van der Waals surface area contributed by atoms with Crippen molar-refractivity contribution in [3.63, 3.8) is 0 Å². The number of nitrogens with zero attached hydrogens (tertiary/aromatic N) is 3. The lowest BCUT2D eigenvalue weighted by atomic mass is 10.1. The molecular weight excluding hydrogens is 344 g/mol. The molecule has 4 rings (SSSR count). The second kappa shape index (κ2) is 8.01. The monoisotopic (exact) mass is 364 g/mol. The van der Waals surface area contributed by atoms with Crippen molar-refractivity contribution in [2.45, 2.75) is 6.54 Å². The van der Waals surface area contributed by atoms with Crippen molar-refractivity contribution in [2.24, 2.45) is 0 Å². The molecule has 0 atom stereocenters. The number of rotatable bonds is 5. The second-order valence-electron chi connectivity index (χ2n) is 6.21. The highest BCUT2D eigenvalue weighted by molar-refractivity contribution is 5.94. The lowest BCUT2D eigenvalue weighted by molar-refractivity contribution is 0.0946. The third kappa shape index (κ3) is 4.15. The number of hydrogen-bond donors (Lipinski definition) is 1. The first kappa shape index (κ1) is 17.2. The molecule has 7 heteroatoms.